The number of amides is 1. The summed E-state index contributed by atoms with van der Waals surface area (Å²) in [5, 5.41) is 6.58. The Morgan fingerprint density at radius 2 is 1.88 bits per heavy atom. The summed E-state index contributed by atoms with van der Waals surface area (Å²) < 4.78 is 11.3. The molecule has 146 valence electrons. The van der Waals surface area contributed by atoms with Crippen LogP contribution in [0.15, 0.2) is 18.2 Å². The largest absolute Gasteiger partial charge is 0.490 e. The van der Waals surface area contributed by atoms with Gasteiger partial charge in [0.25, 0.3) is 0 Å². The minimum Gasteiger partial charge on any atom is -0.490 e. The number of piperidine rings is 1. The quantitative estimate of drug-likeness (QED) is 0.758. The lowest BCUT2D eigenvalue weighted by atomic mass is 9.91. The lowest BCUT2D eigenvalue weighted by Crippen LogP contribution is -2.34. The van der Waals surface area contributed by atoms with Crippen molar-refractivity contribution in [2.75, 3.05) is 26.3 Å². The fourth-order valence-corrected chi connectivity index (χ4v) is 3.93. The van der Waals surface area contributed by atoms with Gasteiger partial charge in [-0.05, 0) is 76.2 Å². The van der Waals surface area contributed by atoms with Gasteiger partial charge in [-0.1, -0.05) is 6.07 Å². The van der Waals surface area contributed by atoms with Crippen molar-refractivity contribution in [1.82, 2.24) is 10.6 Å². The second kappa shape index (κ2) is 8.96. The maximum absolute atomic E-state index is 12.7. The van der Waals surface area contributed by atoms with Crippen molar-refractivity contribution in [1.29, 1.82) is 0 Å². The summed E-state index contributed by atoms with van der Waals surface area (Å²) in [4.78, 5) is 12.7. The zero-order valence-corrected chi connectivity index (χ0v) is 16.8. The van der Waals surface area contributed by atoms with E-state index >= 15 is 0 Å². The van der Waals surface area contributed by atoms with Crippen LogP contribution in [0.5, 0.6) is 11.5 Å². The third-order valence-electron chi connectivity index (χ3n) is 5.53. The van der Waals surface area contributed by atoms with Gasteiger partial charge in [0.15, 0.2) is 11.5 Å². The van der Waals surface area contributed by atoms with Crippen molar-refractivity contribution in [3.8, 4) is 11.5 Å². The fourth-order valence-electron chi connectivity index (χ4n) is 3.93. The molecule has 1 aromatic rings. The minimum absolute atomic E-state index is 0. The predicted molar refractivity (Wildman–Crippen MR) is 105 cm³/mol. The Labute approximate surface area is 162 Å². The maximum Gasteiger partial charge on any atom is 0.224 e. The van der Waals surface area contributed by atoms with Crippen LogP contribution in [0.25, 0.3) is 0 Å². The van der Waals surface area contributed by atoms with Crippen LogP contribution in [0, 0.1) is 11.3 Å². The van der Waals surface area contributed by atoms with E-state index in [1.165, 1.54) is 0 Å². The third-order valence-corrected chi connectivity index (χ3v) is 5.53. The Morgan fingerprint density at radius 1 is 1.23 bits per heavy atom. The van der Waals surface area contributed by atoms with E-state index in [4.69, 9.17) is 9.47 Å². The monoisotopic (exact) mass is 382 g/mol. The van der Waals surface area contributed by atoms with Crippen LogP contribution in [0.4, 0.5) is 0 Å². The molecule has 1 spiro atoms. The molecule has 1 heterocycles. The van der Waals surface area contributed by atoms with E-state index in [0.29, 0.717) is 13.2 Å². The molecule has 1 aliphatic carbocycles. The number of ether oxygens (including phenoxy) is 2. The predicted octanol–water partition coefficient (Wildman–Crippen LogP) is 3.47. The van der Waals surface area contributed by atoms with E-state index < -0.39 is 0 Å². The van der Waals surface area contributed by atoms with Crippen LogP contribution < -0.4 is 20.1 Å². The number of nitrogens with one attached hydrogen (secondary N) is 2. The molecule has 1 saturated heterocycles. The molecule has 0 bridgehead atoms. The van der Waals surface area contributed by atoms with E-state index in [1.807, 2.05) is 39.0 Å². The Morgan fingerprint density at radius 3 is 2.54 bits per heavy atom. The second-order valence-electron chi connectivity index (χ2n) is 7.17. The third kappa shape index (κ3) is 4.44. The molecule has 5 nitrogen and oxygen atoms in total. The molecular weight excluding hydrogens is 352 g/mol. The highest BCUT2D eigenvalue weighted by atomic mass is 35.5. The Kier molecular flexibility index (Phi) is 7.18. The van der Waals surface area contributed by atoms with Gasteiger partial charge in [0, 0.05) is 5.92 Å². The first-order valence-corrected chi connectivity index (χ1v) is 9.50. The van der Waals surface area contributed by atoms with Gasteiger partial charge in [-0.15, -0.1) is 12.4 Å². The van der Waals surface area contributed by atoms with Gasteiger partial charge in [-0.25, -0.2) is 0 Å². The molecule has 1 saturated carbocycles. The zero-order chi connectivity index (χ0) is 17.9. The average Bonchev–Trinajstić information content (AvgIpc) is 3.30. The molecule has 2 unspecified atom stereocenters. The topological polar surface area (TPSA) is 59.6 Å². The first-order chi connectivity index (χ1) is 12.1. The number of rotatable bonds is 7. The SMILES string of the molecule is CCOc1ccc(C(C)NC(=O)C2CC23CCNCC3)cc1OCC.Cl. The highest BCUT2D eigenvalue weighted by Gasteiger charge is 2.57. The first-order valence-electron chi connectivity index (χ1n) is 9.50. The fraction of sp³-hybridized carbons (Fsp3) is 0.650. The second-order valence-corrected chi connectivity index (χ2v) is 7.17. The van der Waals surface area contributed by atoms with Crippen LogP contribution in [-0.4, -0.2) is 32.2 Å². The van der Waals surface area contributed by atoms with E-state index in [9.17, 15) is 4.79 Å². The van der Waals surface area contributed by atoms with Gasteiger partial charge in [0.2, 0.25) is 5.91 Å². The highest BCUT2D eigenvalue weighted by molar-refractivity contribution is 5.85. The van der Waals surface area contributed by atoms with E-state index in [0.717, 1.165) is 49.4 Å². The summed E-state index contributed by atoms with van der Waals surface area (Å²) in [5.74, 6) is 1.87. The molecule has 2 N–H and O–H groups in total. The van der Waals surface area contributed by atoms with Crippen molar-refractivity contribution >= 4 is 18.3 Å². The Bertz CT molecular complexity index is 617. The van der Waals surface area contributed by atoms with Crippen LogP contribution >= 0.6 is 12.4 Å². The summed E-state index contributed by atoms with van der Waals surface area (Å²) >= 11 is 0. The van der Waals surface area contributed by atoms with E-state index in [2.05, 4.69) is 10.6 Å². The summed E-state index contributed by atoms with van der Waals surface area (Å²) in [6.45, 7) is 9.21. The maximum atomic E-state index is 12.7. The minimum atomic E-state index is -0.0400. The van der Waals surface area contributed by atoms with Gasteiger partial charge in [0.05, 0.1) is 19.3 Å². The lowest BCUT2D eigenvalue weighted by Gasteiger charge is -2.24. The molecule has 1 amide bonds. The van der Waals surface area contributed by atoms with Crippen molar-refractivity contribution in [2.24, 2.45) is 11.3 Å². The van der Waals surface area contributed by atoms with E-state index in [-0.39, 0.29) is 35.7 Å². The number of hydrogen-bond donors (Lipinski definition) is 2. The first kappa shape index (κ1) is 20.8. The van der Waals surface area contributed by atoms with Crippen molar-refractivity contribution < 1.29 is 14.3 Å². The molecule has 2 aliphatic rings. The number of hydrogen-bond acceptors (Lipinski definition) is 4. The number of benzene rings is 1. The van der Waals surface area contributed by atoms with Gasteiger partial charge in [-0.2, -0.15) is 0 Å². The Hall–Kier alpha value is -1.46. The van der Waals surface area contributed by atoms with Gasteiger partial charge < -0.3 is 20.1 Å². The van der Waals surface area contributed by atoms with Crippen LogP contribution in [0.1, 0.15) is 51.6 Å². The smallest absolute Gasteiger partial charge is 0.224 e. The standard InChI is InChI=1S/C20H30N2O3.ClH/c1-4-24-17-7-6-15(12-18(17)25-5-2)14(3)22-19(23)16-13-20(16)8-10-21-11-9-20;/h6-7,12,14,16,21H,4-5,8-11,13H2,1-3H3,(H,22,23);1H. The average molecular weight is 383 g/mol. The molecule has 26 heavy (non-hydrogen) atoms. The summed E-state index contributed by atoms with van der Waals surface area (Å²) in [7, 11) is 0. The molecule has 6 heteroatoms. The number of carbonyl (C=O) groups is 1. The van der Waals surface area contributed by atoms with Crippen molar-refractivity contribution in [2.45, 2.75) is 46.1 Å². The van der Waals surface area contributed by atoms with Gasteiger partial charge >= 0.3 is 0 Å². The number of carbonyl (C=O) groups excluding carboxylic acids is 1. The molecule has 3 rings (SSSR count). The van der Waals surface area contributed by atoms with Crippen LogP contribution in [-0.2, 0) is 4.79 Å². The van der Waals surface area contributed by atoms with Crippen molar-refractivity contribution in [3.05, 3.63) is 23.8 Å². The zero-order valence-electron chi connectivity index (χ0n) is 16.0. The van der Waals surface area contributed by atoms with Crippen molar-refractivity contribution in [3.63, 3.8) is 0 Å². The van der Waals surface area contributed by atoms with E-state index in [1.54, 1.807) is 0 Å². The Balaban J connectivity index is 0.00000243. The van der Waals surface area contributed by atoms with Gasteiger partial charge in [0.1, 0.15) is 0 Å². The van der Waals surface area contributed by atoms with Crippen LogP contribution in [0.3, 0.4) is 0 Å². The van der Waals surface area contributed by atoms with Gasteiger partial charge in [-0.3, -0.25) is 4.79 Å². The summed E-state index contributed by atoms with van der Waals surface area (Å²) in [6, 6.07) is 5.87. The normalized spacial score (nSPS) is 21.4. The summed E-state index contributed by atoms with van der Waals surface area (Å²) in [6.07, 6.45) is 3.29. The molecule has 1 aromatic carbocycles. The van der Waals surface area contributed by atoms with Crippen LogP contribution in [0.2, 0.25) is 0 Å². The molecule has 1 aliphatic heterocycles. The molecule has 2 atom stereocenters. The molecule has 2 fully saturated rings. The molecular formula is C20H31ClN2O3. The highest BCUT2D eigenvalue weighted by Crippen LogP contribution is 2.58. The summed E-state index contributed by atoms with van der Waals surface area (Å²) in [5.41, 5.74) is 1.31. The molecule has 0 radical (unpaired) electrons. The molecule has 0 aromatic heterocycles. The lowest BCUT2D eigenvalue weighted by molar-refractivity contribution is -0.123. The number of halogens is 1.